The Morgan fingerprint density at radius 2 is 2.15 bits per heavy atom. The number of carbonyl (C=O) groups is 2. The highest BCUT2D eigenvalue weighted by molar-refractivity contribution is 7.14. The normalized spacial score (nSPS) is 23.9. The summed E-state index contributed by atoms with van der Waals surface area (Å²) in [7, 11) is 0. The van der Waals surface area contributed by atoms with Crippen molar-refractivity contribution in [1.29, 1.82) is 0 Å². The zero-order chi connectivity index (χ0) is 18.9. The van der Waals surface area contributed by atoms with Crippen molar-refractivity contribution in [1.82, 2.24) is 15.5 Å². The predicted octanol–water partition coefficient (Wildman–Crippen LogP) is 1.86. The number of hydrogen-bond acceptors (Lipinski definition) is 5. The van der Waals surface area contributed by atoms with Gasteiger partial charge < -0.3 is 25.0 Å². The molecule has 1 spiro atoms. The van der Waals surface area contributed by atoms with Crippen molar-refractivity contribution in [2.24, 2.45) is 0 Å². The van der Waals surface area contributed by atoms with E-state index in [4.69, 9.17) is 9.47 Å². The Bertz CT molecular complexity index is 706. The lowest BCUT2D eigenvalue weighted by atomic mass is 9.85. The fourth-order valence-electron chi connectivity index (χ4n) is 4.14. The molecule has 27 heavy (non-hydrogen) atoms. The molecular formula is C19H27N3O4S. The predicted molar refractivity (Wildman–Crippen MR) is 102 cm³/mol. The molecule has 4 heterocycles. The van der Waals surface area contributed by atoms with Crippen LogP contribution in [-0.2, 0) is 21.5 Å². The molecule has 3 aliphatic heterocycles. The average Bonchev–Trinajstić information content (AvgIpc) is 3.33. The highest BCUT2D eigenvalue weighted by Crippen LogP contribution is 2.45. The van der Waals surface area contributed by atoms with Crippen LogP contribution in [0.3, 0.4) is 0 Å². The van der Waals surface area contributed by atoms with Gasteiger partial charge in [-0.2, -0.15) is 0 Å². The summed E-state index contributed by atoms with van der Waals surface area (Å²) in [5.74, 6) is -0.0141. The van der Waals surface area contributed by atoms with Crippen LogP contribution in [0.5, 0.6) is 0 Å². The van der Waals surface area contributed by atoms with Crippen molar-refractivity contribution in [3.63, 3.8) is 0 Å². The van der Waals surface area contributed by atoms with E-state index >= 15 is 0 Å². The van der Waals surface area contributed by atoms with Crippen molar-refractivity contribution in [2.45, 2.75) is 44.2 Å². The van der Waals surface area contributed by atoms with Crippen molar-refractivity contribution in [3.8, 4) is 0 Å². The maximum absolute atomic E-state index is 12.6. The Morgan fingerprint density at radius 1 is 1.33 bits per heavy atom. The molecule has 0 radical (unpaired) electrons. The quantitative estimate of drug-likeness (QED) is 0.822. The van der Waals surface area contributed by atoms with Gasteiger partial charge in [-0.25, -0.2) is 4.79 Å². The first-order valence-corrected chi connectivity index (χ1v) is 10.6. The number of likely N-dealkylation sites (tertiary alicyclic amines) is 1. The first-order chi connectivity index (χ1) is 13.1. The van der Waals surface area contributed by atoms with Crippen molar-refractivity contribution < 1.29 is 19.1 Å². The maximum atomic E-state index is 12.6. The summed E-state index contributed by atoms with van der Waals surface area (Å²) < 4.78 is 11.6. The zero-order valence-electron chi connectivity index (χ0n) is 15.7. The number of nitrogens with zero attached hydrogens (tertiary/aromatic N) is 1. The summed E-state index contributed by atoms with van der Waals surface area (Å²) in [5, 5.41) is 5.94. The number of rotatable bonds is 3. The van der Waals surface area contributed by atoms with Crippen LogP contribution < -0.4 is 10.6 Å². The van der Waals surface area contributed by atoms with Crippen LogP contribution >= 0.6 is 11.3 Å². The van der Waals surface area contributed by atoms with Crippen LogP contribution in [0.1, 0.15) is 46.3 Å². The lowest BCUT2D eigenvalue weighted by Gasteiger charge is -2.43. The van der Waals surface area contributed by atoms with Crippen LogP contribution in [0.2, 0.25) is 0 Å². The first-order valence-electron chi connectivity index (χ1n) is 9.80. The van der Waals surface area contributed by atoms with Gasteiger partial charge in [-0.3, -0.25) is 4.79 Å². The molecule has 1 aromatic rings. The molecule has 3 aliphatic rings. The average molecular weight is 394 g/mol. The molecule has 7 nitrogen and oxygen atoms in total. The van der Waals surface area contributed by atoms with Gasteiger partial charge in [0, 0.05) is 31.1 Å². The Hall–Kier alpha value is -1.64. The standard InChI is InChI=1S/C19H27N3O4S/c1-2-20-18(24)22-7-5-19(6-8-22)16-13(3-10-26-19)11-15(27-16)17(23)21-14-4-9-25-12-14/h11,14H,2-10,12H2,1H3,(H,20,24)(H,21,23). The zero-order valence-corrected chi connectivity index (χ0v) is 16.5. The van der Waals surface area contributed by atoms with Crippen LogP contribution in [-0.4, -0.2) is 62.3 Å². The van der Waals surface area contributed by atoms with Gasteiger partial charge in [-0.05, 0) is 44.2 Å². The van der Waals surface area contributed by atoms with E-state index in [1.807, 2.05) is 17.9 Å². The summed E-state index contributed by atoms with van der Waals surface area (Å²) in [6, 6.07) is 2.14. The minimum absolute atomic E-state index is 0.00610. The number of urea groups is 1. The van der Waals surface area contributed by atoms with E-state index in [0.717, 1.165) is 30.6 Å². The van der Waals surface area contributed by atoms with Crippen LogP contribution in [0.25, 0.3) is 0 Å². The molecule has 0 aromatic carbocycles. The number of carbonyl (C=O) groups excluding carboxylic acids is 2. The summed E-state index contributed by atoms with van der Waals surface area (Å²) in [6.07, 6.45) is 3.26. The maximum Gasteiger partial charge on any atom is 0.317 e. The van der Waals surface area contributed by atoms with Gasteiger partial charge >= 0.3 is 6.03 Å². The van der Waals surface area contributed by atoms with E-state index in [2.05, 4.69) is 10.6 Å². The number of thiophene rings is 1. The Balaban J connectivity index is 1.48. The van der Waals surface area contributed by atoms with Crippen molar-refractivity contribution in [2.75, 3.05) is 39.5 Å². The second-order valence-corrected chi connectivity index (χ2v) is 8.47. The molecule has 4 rings (SSSR count). The van der Waals surface area contributed by atoms with Crippen molar-refractivity contribution in [3.05, 3.63) is 21.4 Å². The third kappa shape index (κ3) is 3.70. The highest BCUT2D eigenvalue weighted by Gasteiger charge is 2.43. The van der Waals surface area contributed by atoms with Gasteiger partial charge in [0.1, 0.15) is 5.60 Å². The summed E-state index contributed by atoms with van der Waals surface area (Å²) in [4.78, 5) is 28.5. The Kier molecular flexibility index (Phi) is 5.39. The molecule has 2 saturated heterocycles. The second-order valence-electron chi connectivity index (χ2n) is 7.41. The van der Waals surface area contributed by atoms with E-state index in [1.165, 1.54) is 10.4 Å². The summed E-state index contributed by atoms with van der Waals surface area (Å²) in [6.45, 7) is 5.88. The minimum atomic E-state index is -0.351. The lowest BCUT2D eigenvalue weighted by Crippen LogP contribution is -2.50. The van der Waals surface area contributed by atoms with Gasteiger partial charge in [-0.1, -0.05) is 0 Å². The third-order valence-electron chi connectivity index (χ3n) is 5.65. The van der Waals surface area contributed by atoms with Crippen LogP contribution in [0.4, 0.5) is 4.79 Å². The molecule has 2 fully saturated rings. The van der Waals surface area contributed by atoms with Gasteiger partial charge in [0.05, 0.1) is 24.1 Å². The monoisotopic (exact) mass is 393 g/mol. The fraction of sp³-hybridized carbons (Fsp3) is 0.684. The number of piperidine rings is 1. The largest absolute Gasteiger partial charge is 0.379 e. The van der Waals surface area contributed by atoms with E-state index in [0.29, 0.717) is 39.5 Å². The van der Waals surface area contributed by atoms with E-state index < -0.39 is 0 Å². The summed E-state index contributed by atoms with van der Waals surface area (Å²) in [5.41, 5.74) is 0.876. The van der Waals surface area contributed by atoms with Crippen molar-refractivity contribution >= 4 is 23.3 Å². The van der Waals surface area contributed by atoms with Gasteiger partial charge in [-0.15, -0.1) is 11.3 Å². The SMILES string of the molecule is CCNC(=O)N1CCC2(CC1)OCCc1cc(C(=O)NC3CCOC3)sc12. The Morgan fingerprint density at radius 3 is 2.85 bits per heavy atom. The van der Waals surface area contributed by atoms with Crippen LogP contribution in [0.15, 0.2) is 6.07 Å². The number of fused-ring (bicyclic) bond motifs is 2. The molecule has 1 atom stereocenters. The molecule has 8 heteroatoms. The van der Waals surface area contributed by atoms with Gasteiger partial charge in [0.15, 0.2) is 0 Å². The number of ether oxygens (including phenoxy) is 2. The Labute approximate surface area is 163 Å². The van der Waals surface area contributed by atoms with E-state index in [9.17, 15) is 9.59 Å². The smallest absolute Gasteiger partial charge is 0.317 e. The molecule has 148 valence electrons. The summed E-state index contributed by atoms with van der Waals surface area (Å²) >= 11 is 1.56. The molecule has 1 aromatic heterocycles. The molecule has 2 N–H and O–H groups in total. The molecular weight excluding hydrogens is 366 g/mol. The molecule has 3 amide bonds. The lowest BCUT2D eigenvalue weighted by molar-refractivity contribution is -0.0896. The van der Waals surface area contributed by atoms with Gasteiger partial charge in [0.2, 0.25) is 0 Å². The molecule has 1 unspecified atom stereocenters. The molecule has 0 saturated carbocycles. The number of nitrogens with one attached hydrogen (secondary N) is 2. The molecule has 0 bridgehead atoms. The third-order valence-corrected chi connectivity index (χ3v) is 7.01. The number of hydrogen-bond donors (Lipinski definition) is 2. The fourth-order valence-corrected chi connectivity index (χ4v) is 5.46. The second kappa shape index (κ2) is 7.77. The highest BCUT2D eigenvalue weighted by atomic mass is 32.1. The first kappa shape index (κ1) is 18.7. The number of amides is 3. The topological polar surface area (TPSA) is 79.9 Å². The van der Waals surface area contributed by atoms with E-state index in [1.54, 1.807) is 11.3 Å². The van der Waals surface area contributed by atoms with E-state index in [-0.39, 0.29) is 23.6 Å². The van der Waals surface area contributed by atoms with Gasteiger partial charge in [0.25, 0.3) is 5.91 Å². The minimum Gasteiger partial charge on any atom is -0.379 e. The van der Waals surface area contributed by atoms with Crippen LogP contribution in [0, 0.1) is 0 Å². The molecule has 0 aliphatic carbocycles.